The zero-order chi connectivity index (χ0) is 13.5. The highest BCUT2D eigenvalue weighted by Gasteiger charge is 2.04. The minimum absolute atomic E-state index is 0.198. The van der Waals surface area contributed by atoms with Crippen LogP contribution in [0.25, 0.3) is 5.69 Å². The second-order valence-corrected chi connectivity index (χ2v) is 3.33. The SMILES string of the molecule is CC.NC(=O)c1ccc(=O)n(-c2ccccc2)c1. The second-order valence-electron chi connectivity index (χ2n) is 3.33. The van der Waals surface area contributed by atoms with Crippen LogP contribution in [0.1, 0.15) is 24.2 Å². The van der Waals surface area contributed by atoms with Crippen LogP contribution in [-0.4, -0.2) is 10.5 Å². The molecule has 4 heteroatoms. The van der Waals surface area contributed by atoms with Crippen molar-refractivity contribution in [2.24, 2.45) is 5.73 Å². The van der Waals surface area contributed by atoms with Crippen LogP contribution in [0.5, 0.6) is 0 Å². The lowest BCUT2D eigenvalue weighted by Gasteiger charge is -2.05. The summed E-state index contributed by atoms with van der Waals surface area (Å²) < 4.78 is 1.39. The van der Waals surface area contributed by atoms with Crippen LogP contribution in [-0.2, 0) is 0 Å². The molecule has 0 saturated heterocycles. The molecule has 1 aromatic heterocycles. The van der Waals surface area contributed by atoms with Crippen LogP contribution in [0.3, 0.4) is 0 Å². The summed E-state index contributed by atoms with van der Waals surface area (Å²) in [6, 6.07) is 11.8. The maximum atomic E-state index is 11.6. The molecule has 1 amide bonds. The fourth-order valence-corrected chi connectivity index (χ4v) is 1.42. The number of aromatic nitrogens is 1. The summed E-state index contributed by atoms with van der Waals surface area (Å²) in [5, 5.41) is 0. The molecule has 2 N–H and O–H groups in total. The molecule has 0 fully saturated rings. The Morgan fingerprint density at radius 2 is 1.67 bits per heavy atom. The lowest BCUT2D eigenvalue weighted by Crippen LogP contribution is -2.20. The van der Waals surface area contributed by atoms with Gasteiger partial charge in [-0.25, -0.2) is 0 Å². The molecule has 2 aromatic rings. The summed E-state index contributed by atoms with van der Waals surface area (Å²) in [5.74, 6) is -0.551. The molecule has 0 unspecified atom stereocenters. The number of rotatable bonds is 2. The predicted octanol–water partition coefficient (Wildman–Crippen LogP) is 1.96. The molecule has 0 bridgehead atoms. The Morgan fingerprint density at radius 1 is 1.06 bits per heavy atom. The highest BCUT2D eigenvalue weighted by atomic mass is 16.1. The molecule has 0 aliphatic heterocycles. The van der Waals surface area contributed by atoms with Crippen molar-refractivity contribution < 1.29 is 4.79 Å². The van der Waals surface area contributed by atoms with Gasteiger partial charge >= 0.3 is 0 Å². The number of carbonyl (C=O) groups excluding carboxylic acids is 1. The summed E-state index contributed by atoms with van der Waals surface area (Å²) in [4.78, 5) is 22.6. The third-order valence-corrected chi connectivity index (χ3v) is 2.23. The molecular weight excluding hydrogens is 228 g/mol. The van der Waals surface area contributed by atoms with Crippen molar-refractivity contribution in [2.75, 3.05) is 0 Å². The van der Waals surface area contributed by atoms with Crippen LogP contribution in [0.15, 0.2) is 53.5 Å². The minimum atomic E-state index is -0.551. The van der Waals surface area contributed by atoms with Crippen molar-refractivity contribution in [1.29, 1.82) is 0 Å². The lowest BCUT2D eigenvalue weighted by molar-refractivity contribution is 0.0999. The number of nitrogens with zero attached hydrogens (tertiary/aromatic N) is 1. The van der Waals surface area contributed by atoms with E-state index in [1.807, 2.05) is 32.0 Å². The fourth-order valence-electron chi connectivity index (χ4n) is 1.42. The Morgan fingerprint density at radius 3 is 2.22 bits per heavy atom. The second kappa shape index (κ2) is 6.39. The maximum Gasteiger partial charge on any atom is 0.255 e. The van der Waals surface area contributed by atoms with E-state index in [2.05, 4.69) is 0 Å². The first kappa shape index (κ1) is 13.7. The molecule has 0 saturated carbocycles. The van der Waals surface area contributed by atoms with Crippen LogP contribution < -0.4 is 11.3 Å². The van der Waals surface area contributed by atoms with Gasteiger partial charge in [-0.1, -0.05) is 32.0 Å². The van der Waals surface area contributed by atoms with Gasteiger partial charge in [-0.15, -0.1) is 0 Å². The topological polar surface area (TPSA) is 65.1 Å². The van der Waals surface area contributed by atoms with E-state index in [4.69, 9.17) is 5.73 Å². The monoisotopic (exact) mass is 244 g/mol. The lowest BCUT2D eigenvalue weighted by atomic mass is 10.2. The molecule has 1 heterocycles. The average Bonchev–Trinajstić information content (AvgIpc) is 2.42. The Labute approximate surface area is 106 Å². The predicted molar refractivity (Wildman–Crippen MR) is 71.9 cm³/mol. The number of para-hydroxylation sites is 1. The number of pyridine rings is 1. The summed E-state index contributed by atoms with van der Waals surface area (Å²) in [5.41, 5.74) is 5.97. The largest absolute Gasteiger partial charge is 0.366 e. The molecule has 18 heavy (non-hydrogen) atoms. The number of primary amides is 1. The quantitative estimate of drug-likeness (QED) is 0.877. The maximum absolute atomic E-state index is 11.6. The van der Waals surface area contributed by atoms with Crippen molar-refractivity contribution in [3.05, 3.63) is 64.6 Å². The summed E-state index contributed by atoms with van der Waals surface area (Å²) >= 11 is 0. The molecule has 0 spiro atoms. The zero-order valence-corrected chi connectivity index (χ0v) is 10.5. The molecular formula is C14H16N2O2. The van der Waals surface area contributed by atoms with Crippen LogP contribution in [0, 0.1) is 0 Å². The molecule has 0 aliphatic rings. The average molecular weight is 244 g/mol. The minimum Gasteiger partial charge on any atom is -0.366 e. The van der Waals surface area contributed by atoms with Gasteiger partial charge in [0.1, 0.15) is 0 Å². The van der Waals surface area contributed by atoms with Gasteiger partial charge in [-0.2, -0.15) is 0 Å². The summed E-state index contributed by atoms with van der Waals surface area (Å²) in [6.07, 6.45) is 1.44. The van der Waals surface area contributed by atoms with Crippen molar-refractivity contribution >= 4 is 5.91 Å². The van der Waals surface area contributed by atoms with Gasteiger partial charge in [0.2, 0.25) is 5.91 Å². The van der Waals surface area contributed by atoms with Crippen molar-refractivity contribution in [1.82, 2.24) is 4.57 Å². The van der Waals surface area contributed by atoms with Gasteiger partial charge in [0.05, 0.1) is 5.56 Å². The van der Waals surface area contributed by atoms with E-state index in [0.29, 0.717) is 11.3 Å². The fraction of sp³-hybridized carbons (Fsp3) is 0.143. The van der Waals surface area contributed by atoms with E-state index in [9.17, 15) is 9.59 Å². The van der Waals surface area contributed by atoms with Crippen molar-refractivity contribution in [3.8, 4) is 5.69 Å². The number of nitrogens with two attached hydrogens (primary N) is 1. The molecule has 94 valence electrons. The number of hydrogen-bond acceptors (Lipinski definition) is 2. The number of amides is 1. The van der Waals surface area contributed by atoms with Crippen LogP contribution >= 0.6 is 0 Å². The molecule has 2 rings (SSSR count). The van der Waals surface area contributed by atoms with E-state index in [0.717, 1.165) is 0 Å². The van der Waals surface area contributed by atoms with E-state index in [1.54, 1.807) is 12.1 Å². The third kappa shape index (κ3) is 3.07. The smallest absolute Gasteiger partial charge is 0.255 e. The Hall–Kier alpha value is -2.36. The summed E-state index contributed by atoms with van der Waals surface area (Å²) in [6.45, 7) is 4.00. The van der Waals surface area contributed by atoms with E-state index in [-0.39, 0.29) is 5.56 Å². The number of hydrogen-bond donors (Lipinski definition) is 1. The molecule has 0 radical (unpaired) electrons. The van der Waals surface area contributed by atoms with Gasteiger partial charge in [0, 0.05) is 18.0 Å². The Bertz CT molecular complexity index is 574. The normalized spacial score (nSPS) is 9.22. The standard InChI is InChI=1S/C12H10N2O2.C2H6/c13-12(16)9-6-7-11(15)14(8-9)10-4-2-1-3-5-10;1-2/h1-8H,(H2,13,16);1-2H3. The van der Waals surface area contributed by atoms with E-state index in [1.165, 1.54) is 22.9 Å². The molecule has 4 nitrogen and oxygen atoms in total. The van der Waals surface area contributed by atoms with Crippen molar-refractivity contribution in [2.45, 2.75) is 13.8 Å². The number of carbonyl (C=O) groups is 1. The van der Waals surface area contributed by atoms with Crippen LogP contribution in [0.2, 0.25) is 0 Å². The summed E-state index contributed by atoms with van der Waals surface area (Å²) in [7, 11) is 0. The Balaban J connectivity index is 0.000000771. The van der Waals surface area contributed by atoms with Gasteiger partial charge < -0.3 is 5.73 Å². The highest BCUT2D eigenvalue weighted by Crippen LogP contribution is 2.05. The molecule has 0 atom stereocenters. The first-order valence-corrected chi connectivity index (χ1v) is 5.76. The van der Waals surface area contributed by atoms with Gasteiger partial charge in [0.25, 0.3) is 5.56 Å². The first-order chi connectivity index (χ1) is 8.68. The van der Waals surface area contributed by atoms with Gasteiger partial charge in [0.15, 0.2) is 0 Å². The first-order valence-electron chi connectivity index (χ1n) is 5.76. The van der Waals surface area contributed by atoms with Gasteiger partial charge in [-0.3, -0.25) is 14.2 Å². The molecule has 0 aliphatic carbocycles. The van der Waals surface area contributed by atoms with Gasteiger partial charge in [-0.05, 0) is 18.2 Å². The van der Waals surface area contributed by atoms with E-state index >= 15 is 0 Å². The van der Waals surface area contributed by atoms with Crippen LogP contribution in [0.4, 0.5) is 0 Å². The molecule has 1 aromatic carbocycles. The third-order valence-electron chi connectivity index (χ3n) is 2.23. The number of benzene rings is 1. The van der Waals surface area contributed by atoms with Crippen molar-refractivity contribution in [3.63, 3.8) is 0 Å². The Kier molecular flexibility index (Phi) is 4.87. The van der Waals surface area contributed by atoms with E-state index < -0.39 is 5.91 Å². The highest BCUT2D eigenvalue weighted by molar-refractivity contribution is 5.92. The zero-order valence-electron chi connectivity index (χ0n) is 10.5.